The maximum absolute atomic E-state index is 12.9. The van der Waals surface area contributed by atoms with Gasteiger partial charge in [-0.1, -0.05) is 36.4 Å². The minimum Gasteiger partial charge on any atom is -0.370 e. The normalized spacial score (nSPS) is 14.8. The van der Waals surface area contributed by atoms with Crippen molar-refractivity contribution >= 4 is 11.8 Å². The molecule has 1 aliphatic heterocycles. The van der Waals surface area contributed by atoms with Gasteiger partial charge in [0.15, 0.2) is 0 Å². The van der Waals surface area contributed by atoms with Crippen molar-refractivity contribution in [3.8, 4) is 11.1 Å². The van der Waals surface area contributed by atoms with Crippen LogP contribution in [0.4, 0.5) is 0 Å². The van der Waals surface area contributed by atoms with Gasteiger partial charge in [0.1, 0.15) is 0 Å². The van der Waals surface area contributed by atoms with E-state index in [0.29, 0.717) is 6.42 Å². The number of carbonyl (C=O) groups is 2. The molecule has 0 bridgehead atoms. The lowest BCUT2D eigenvalue weighted by Crippen LogP contribution is -2.47. The number of nitrogens with two attached hydrogens (primary N) is 1. The monoisotopic (exact) mass is 379 g/mol. The minimum atomic E-state index is -0.240. The molecule has 2 aromatic carbocycles. The second-order valence-corrected chi connectivity index (χ2v) is 7.55. The van der Waals surface area contributed by atoms with E-state index in [2.05, 4.69) is 30.1 Å². The number of unbranched alkanes of at least 4 members (excludes halogenated alkanes) is 1. The topological polar surface area (TPSA) is 66.6 Å². The van der Waals surface area contributed by atoms with Crippen LogP contribution < -0.4 is 5.73 Å². The fraction of sp³-hybridized carbons (Fsp3) is 0.391. The zero-order valence-corrected chi connectivity index (χ0v) is 16.6. The van der Waals surface area contributed by atoms with Crippen LogP contribution in [0.25, 0.3) is 11.1 Å². The first-order chi connectivity index (χ1) is 13.5. The van der Waals surface area contributed by atoms with E-state index in [9.17, 15) is 9.59 Å². The van der Waals surface area contributed by atoms with Crippen LogP contribution in [0.3, 0.4) is 0 Å². The predicted octanol–water partition coefficient (Wildman–Crippen LogP) is 2.94. The molecule has 0 aromatic heterocycles. The third-order valence-corrected chi connectivity index (χ3v) is 5.30. The van der Waals surface area contributed by atoms with Gasteiger partial charge in [0.25, 0.3) is 5.91 Å². The average Bonchev–Trinajstić information content (AvgIpc) is 2.71. The van der Waals surface area contributed by atoms with Gasteiger partial charge in [-0.25, -0.2) is 0 Å². The van der Waals surface area contributed by atoms with Crippen LogP contribution in [0.5, 0.6) is 0 Å². The molecular weight excluding hydrogens is 350 g/mol. The number of hydrogen-bond donors (Lipinski definition) is 1. The maximum atomic E-state index is 12.9. The summed E-state index contributed by atoms with van der Waals surface area (Å²) in [6.07, 6.45) is 3.11. The summed E-state index contributed by atoms with van der Waals surface area (Å²) in [6.45, 7) is 3.40. The molecule has 0 aliphatic carbocycles. The van der Waals surface area contributed by atoms with Gasteiger partial charge in [-0.15, -0.1) is 0 Å². The first kappa shape index (κ1) is 20.1. The molecule has 5 nitrogen and oxygen atoms in total. The maximum Gasteiger partial charge on any atom is 0.253 e. The SMILES string of the molecule is CN1CCN(C(=O)c2cccc(-c3cccc(CCCCC(N)=O)c3)c2)CC1. The summed E-state index contributed by atoms with van der Waals surface area (Å²) in [6, 6.07) is 16.3. The van der Waals surface area contributed by atoms with Crippen molar-refractivity contribution < 1.29 is 9.59 Å². The number of hydrogen-bond acceptors (Lipinski definition) is 3. The van der Waals surface area contributed by atoms with Crippen molar-refractivity contribution in [3.05, 3.63) is 59.7 Å². The van der Waals surface area contributed by atoms with E-state index in [1.165, 1.54) is 5.56 Å². The zero-order valence-electron chi connectivity index (χ0n) is 16.6. The molecule has 1 aliphatic rings. The van der Waals surface area contributed by atoms with Crippen molar-refractivity contribution in [3.63, 3.8) is 0 Å². The minimum absolute atomic E-state index is 0.109. The van der Waals surface area contributed by atoms with Gasteiger partial charge in [0.05, 0.1) is 0 Å². The van der Waals surface area contributed by atoms with E-state index in [1.54, 1.807) is 0 Å². The third-order valence-electron chi connectivity index (χ3n) is 5.30. The van der Waals surface area contributed by atoms with E-state index in [-0.39, 0.29) is 11.8 Å². The van der Waals surface area contributed by atoms with Gasteiger partial charge in [0.2, 0.25) is 5.91 Å². The molecule has 2 N–H and O–H groups in total. The van der Waals surface area contributed by atoms with Gasteiger partial charge in [0, 0.05) is 38.2 Å². The van der Waals surface area contributed by atoms with Crippen LogP contribution in [-0.4, -0.2) is 54.8 Å². The van der Waals surface area contributed by atoms with Gasteiger partial charge >= 0.3 is 0 Å². The summed E-state index contributed by atoms with van der Waals surface area (Å²) < 4.78 is 0. The van der Waals surface area contributed by atoms with Gasteiger partial charge in [-0.3, -0.25) is 9.59 Å². The Bertz CT molecular complexity index is 826. The number of primary amides is 1. The molecule has 5 heteroatoms. The van der Waals surface area contributed by atoms with Crippen LogP contribution >= 0.6 is 0 Å². The van der Waals surface area contributed by atoms with E-state index >= 15 is 0 Å². The Balaban J connectivity index is 1.68. The summed E-state index contributed by atoms with van der Waals surface area (Å²) in [5.74, 6) is -0.131. The molecule has 0 atom stereocenters. The number of carbonyl (C=O) groups excluding carboxylic acids is 2. The fourth-order valence-electron chi connectivity index (χ4n) is 3.56. The largest absolute Gasteiger partial charge is 0.370 e. The molecule has 1 fully saturated rings. The van der Waals surface area contributed by atoms with E-state index in [1.807, 2.05) is 35.2 Å². The Morgan fingerprint density at radius 2 is 1.61 bits per heavy atom. The summed E-state index contributed by atoms with van der Waals surface area (Å²) in [5, 5.41) is 0. The molecular formula is C23H29N3O2. The molecule has 2 aromatic rings. The van der Waals surface area contributed by atoms with E-state index < -0.39 is 0 Å². The van der Waals surface area contributed by atoms with Gasteiger partial charge in [-0.05, 0) is 55.1 Å². The summed E-state index contributed by atoms with van der Waals surface area (Å²) >= 11 is 0. The molecule has 0 radical (unpaired) electrons. The van der Waals surface area contributed by atoms with Crippen LogP contribution in [-0.2, 0) is 11.2 Å². The Kier molecular flexibility index (Phi) is 6.82. The van der Waals surface area contributed by atoms with Crippen LogP contribution in [0.15, 0.2) is 48.5 Å². The quantitative estimate of drug-likeness (QED) is 0.752. The smallest absolute Gasteiger partial charge is 0.253 e. The Morgan fingerprint density at radius 3 is 2.32 bits per heavy atom. The fourth-order valence-corrected chi connectivity index (χ4v) is 3.56. The molecule has 2 amide bonds. The summed E-state index contributed by atoms with van der Waals surface area (Å²) in [7, 11) is 2.09. The molecule has 1 heterocycles. The van der Waals surface area contributed by atoms with Crippen molar-refractivity contribution in [2.45, 2.75) is 25.7 Å². The highest BCUT2D eigenvalue weighted by Crippen LogP contribution is 2.23. The number of amides is 2. The number of benzene rings is 2. The van der Waals surface area contributed by atoms with Crippen molar-refractivity contribution in [1.82, 2.24) is 9.80 Å². The van der Waals surface area contributed by atoms with E-state index in [0.717, 1.165) is 62.1 Å². The van der Waals surface area contributed by atoms with Crippen LogP contribution in [0.1, 0.15) is 35.2 Å². The van der Waals surface area contributed by atoms with Crippen molar-refractivity contribution in [2.75, 3.05) is 33.2 Å². The molecule has 1 saturated heterocycles. The highest BCUT2D eigenvalue weighted by molar-refractivity contribution is 5.95. The summed E-state index contributed by atoms with van der Waals surface area (Å²) in [5.41, 5.74) is 9.34. The average molecular weight is 380 g/mol. The summed E-state index contributed by atoms with van der Waals surface area (Å²) in [4.78, 5) is 27.9. The van der Waals surface area contributed by atoms with Crippen molar-refractivity contribution in [2.24, 2.45) is 5.73 Å². The Hall–Kier alpha value is -2.66. The predicted molar refractivity (Wildman–Crippen MR) is 112 cm³/mol. The first-order valence-electron chi connectivity index (χ1n) is 9.98. The molecule has 3 rings (SSSR count). The molecule has 0 spiro atoms. The third kappa shape index (κ3) is 5.42. The molecule has 148 valence electrons. The second-order valence-electron chi connectivity index (χ2n) is 7.55. The Labute approximate surface area is 167 Å². The molecule has 28 heavy (non-hydrogen) atoms. The van der Waals surface area contributed by atoms with Crippen LogP contribution in [0, 0.1) is 0 Å². The highest BCUT2D eigenvalue weighted by Gasteiger charge is 2.20. The number of nitrogens with zero attached hydrogens (tertiary/aromatic N) is 2. The lowest BCUT2D eigenvalue weighted by Gasteiger charge is -2.32. The van der Waals surface area contributed by atoms with Gasteiger partial charge < -0.3 is 15.5 Å². The van der Waals surface area contributed by atoms with Gasteiger partial charge in [-0.2, -0.15) is 0 Å². The van der Waals surface area contributed by atoms with Crippen LogP contribution in [0.2, 0.25) is 0 Å². The number of piperazine rings is 1. The second kappa shape index (κ2) is 9.51. The number of aryl methyl sites for hydroxylation is 1. The lowest BCUT2D eigenvalue weighted by atomic mass is 9.98. The number of rotatable bonds is 7. The standard InChI is InChI=1S/C23H29N3O2/c1-25-12-14-26(15-13-25)23(28)21-10-5-9-20(17-21)19-8-4-7-18(16-19)6-2-3-11-22(24)27/h4-5,7-10,16-17H,2-3,6,11-15H2,1H3,(H2,24,27). The molecule has 0 saturated carbocycles. The zero-order chi connectivity index (χ0) is 19.9. The first-order valence-corrected chi connectivity index (χ1v) is 9.98. The molecule has 0 unspecified atom stereocenters. The van der Waals surface area contributed by atoms with Crippen molar-refractivity contribution in [1.29, 1.82) is 0 Å². The van der Waals surface area contributed by atoms with E-state index in [4.69, 9.17) is 5.73 Å². The Morgan fingerprint density at radius 1 is 0.929 bits per heavy atom. The number of likely N-dealkylation sites (N-methyl/N-ethyl adjacent to an activating group) is 1. The highest BCUT2D eigenvalue weighted by atomic mass is 16.2. The lowest BCUT2D eigenvalue weighted by molar-refractivity contribution is -0.118.